The molecule has 0 N–H and O–H groups in total. The number of halogens is 1. The molecule has 0 bridgehead atoms. The molecule has 1 aromatic carbocycles. The Kier molecular flexibility index (Phi) is 4.26. The SMILES string of the molecule is COCc1cc(-c2nnc(C3CCCOC3)o2)ccc1F. The standard InChI is InChI=1S/C15H17FN2O3/c1-19-8-12-7-10(4-5-13(12)16)14-17-18-15(21-14)11-3-2-6-20-9-11/h4-5,7,11H,2-3,6,8-9H2,1H3. The first-order valence-corrected chi connectivity index (χ1v) is 6.97. The number of benzene rings is 1. The van der Waals surface area contributed by atoms with Gasteiger partial charge in [-0.05, 0) is 31.0 Å². The molecule has 3 rings (SSSR count). The van der Waals surface area contributed by atoms with Gasteiger partial charge in [0.25, 0.3) is 0 Å². The van der Waals surface area contributed by atoms with E-state index in [2.05, 4.69) is 10.2 Å². The maximum absolute atomic E-state index is 13.6. The monoisotopic (exact) mass is 292 g/mol. The second-order valence-electron chi connectivity index (χ2n) is 5.10. The van der Waals surface area contributed by atoms with Gasteiger partial charge in [0, 0.05) is 24.8 Å². The molecule has 1 aromatic heterocycles. The van der Waals surface area contributed by atoms with Gasteiger partial charge in [-0.15, -0.1) is 10.2 Å². The van der Waals surface area contributed by atoms with Gasteiger partial charge in [-0.25, -0.2) is 4.39 Å². The lowest BCUT2D eigenvalue weighted by Crippen LogP contribution is -2.15. The molecule has 1 fully saturated rings. The molecule has 112 valence electrons. The Morgan fingerprint density at radius 3 is 3.05 bits per heavy atom. The van der Waals surface area contributed by atoms with Crippen LogP contribution >= 0.6 is 0 Å². The van der Waals surface area contributed by atoms with Crippen molar-refractivity contribution in [3.8, 4) is 11.5 Å². The molecule has 0 radical (unpaired) electrons. The van der Waals surface area contributed by atoms with Crippen LogP contribution in [0.5, 0.6) is 0 Å². The van der Waals surface area contributed by atoms with Gasteiger partial charge in [0.05, 0.1) is 19.1 Å². The van der Waals surface area contributed by atoms with Crippen LogP contribution in [0.1, 0.15) is 30.2 Å². The van der Waals surface area contributed by atoms with E-state index >= 15 is 0 Å². The molecule has 0 aliphatic carbocycles. The van der Waals surface area contributed by atoms with Crippen LogP contribution in [0.2, 0.25) is 0 Å². The van der Waals surface area contributed by atoms with Crippen molar-refractivity contribution in [3.63, 3.8) is 0 Å². The minimum absolute atomic E-state index is 0.152. The number of nitrogens with zero attached hydrogens (tertiary/aromatic N) is 2. The van der Waals surface area contributed by atoms with Crippen LogP contribution in [0.3, 0.4) is 0 Å². The van der Waals surface area contributed by atoms with Crippen LogP contribution in [-0.2, 0) is 16.1 Å². The third-order valence-corrected chi connectivity index (χ3v) is 3.54. The van der Waals surface area contributed by atoms with E-state index in [1.165, 1.54) is 13.2 Å². The molecular weight excluding hydrogens is 275 g/mol. The first-order chi connectivity index (χ1) is 10.3. The van der Waals surface area contributed by atoms with Crippen LogP contribution < -0.4 is 0 Å². The summed E-state index contributed by atoms with van der Waals surface area (Å²) in [6.45, 7) is 1.60. The van der Waals surface area contributed by atoms with Crippen molar-refractivity contribution in [1.29, 1.82) is 0 Å². The van der Waals surface area contributed by atoms with Crippen molar-refractivity contribution in [2.75, 3.05) is 20.3 Å². The van der Waals surface area contributed by atoms with Crippen LogP contribution in [0.15, 0.2) is 22.6 Å². The van der Waals surface area contributed by atoms with E-state index in [0.29, 0.717) is 29.5 Å². The average molecular weight is 292 g/mol. The van der Waals surface area contributed by atoms with Crippen molar-refractivity contribution in [2.45, 2.75) is 25.4 Å². The van der Waals surface area contributed by atoms with Crippen LogP contribution in [-0.4, -0.2) is 30.5 Å². The molecule has 0 amide bonds. The topological polar surface area (TPSA) is 57.4 Å². The molecule has 2 heterocycles. The highest BCUT2D eigenvalue weighted by Gasteiger charge is 2.22. The molecule has 1 aliphatic heterocycles. The predicted octanol–water partition coefficient (Wildman–Crippen LogP) is 2.92. The maximum atomic E-state index is 13.6. The minimum Gasteiger partial charge on any atom is -0.420 e. The van der Waals surface area contributed by atoms with Crippen molar-refractivity contribution in [3.05, 3.63) is 35.5 Å². The Balaban J connectivity index is 1.83. The largest absolute Gasteiger partial charge is 0.420 e. The van der Waals surface area contributed by atoms with E-state index in [9.17, 15) is 4.39 Å². The highest BCUT2D eigenvalue weighted by molar-refractivity contribution is 5.54. The second kappa shape index (κ2) is 6.32. The summed E-state index contributed by atoms with van der Waals surface area (Å²) in [4.78, 5) is 0. The molecule has 0 spiro atoms. The first-order valence-electron chi connectivity index (χ1n) is 6.97. The van der Waals surface area contributed by atoms with Crippen LogP contribution in [0.25, 0.3) is 11.5 Å². The molecule has 1 atom stereocenters. The molecular formula is C15H17FN2O3. The highest BCUT2D eigenvalue weighted by Crippen LogP contribution is 2.28. The van der Waals surface area contributed by atoms with E-state index in [4.69, 9.17) is 13.9 Å². The molecule has 1 aliphatic rings. The van der Waals surface area contributed by atoms with Gasteiger partial charge >= 0.3 is 0 Å². The quantitative estimate of drug-likeness (QED) is 0.867. The zero-order chi connectivity index (χ0) is 14.7. The molecule has 1 saturated heterocycles. The summed E-state index contributed by atoms with van der Waals surface area (Å²) < 4.78 is 29.7. The second-order valence-corrected chi connectivity index (χ2v) is 5.10. The molecule has 5 nitrogen and oxygen atoms in total. The summed E-state index contributed by atoms with van der Waals surface area (Å²) >= 11 is 0. The van der Waals surface area contributed by atoms with E-state index in [1.807, 2.05) is 0 Å². The number of ether oxygens (including phenoxy) is 2. The van der Waals surface area contributed by atoms with Crippen molar-refractivity contribution < 1.29 is 18.3 Å². The fourth-order valence-corrected chi connectivity index (χ4v) is 2.43. The summed E-state index contributed by atoms with van der Waals surface area (Å²) in [7, 11) is 1.53. The third kappa shape index (κ3) is 3.11. The number of hydrogen-bond donors (Lipinski definition) is 0. The lowest BCUT2D eigenvalue weighted by atomic mass is 10.0. The van der Waals surface area contributed by atoms with Crippen LogP contribution in [0.4, 0.5) is 4.39 Å². The van der Waals surface area contributed by atoms with E-state index in [-0.39, 0.29) is 18.3 Å². The van der Waals surface area contributed by atoms with Gasteiger partial charge in [0.1, 0.15) is 5.82 Å². The molecule has 0 saturated carbocycles. The van der Waals surface area contributed by atoms with Crippen molar-refractivity contribution in [2.24, 2.45) is 0 Å². The molecule has 21 heavy (non-hydrogen) atoms. The summed E-state index contributed by atoms with van der Waals surface area (Å²) in [5, 5.41) is 8.15. The summed E-state index contributed by atoms with van der Waals surface area (Å²) in [6, 6.07) is 4.69. The Hall–Kier alpha value is -1.79. The Morgan fingerprint density at radius 1 is 1.38 bits per heavy atom. The zero-order valence-electron chi connectivity index (χ0n) is 11.8. The Labute approximate surface area is 122 Å². The van der Waals surface area contributed by atoms with Gasteiger partial charge in [-0.1, -0.05) is 0 Å². The van der Waals surface area contributed by atoms with E-state index in [0.717, 1.165) is 19.4 Å². The van der Waals surface area contributed by atoms with Gasteiger partial charge in [0.2, 0.25) is 11.8 Å². The fourth-order valence-electron chi connectivity index (χ4n) is 2.43. The van der Waals surface area contributed by atoms with Gasteiger partial charge in [-0.2, -0.15) is 0 Å². The van der Waals surface area contributed by atoms with Gasteiger partial charge in [-0.3, -0.25) is 0 Å². The smallest absolute Gasteiger partial charge is 0.247 e. The Morgan fingerprint density at radius 2 is 2.29 bits per heavy atom. The minimum atomic E-state index is -0.305. The highest BCUT2D eigenvalue weighted by atomic mass is 19.1. The number of rotatable bonds is 4. The van der Waals surface area contributed by atoms with Crippen molar-refractivity contribution >= 4 is 0 Å². The zero-order valence-corrected chi connectivity index (χ0v) is 11.8. The first kappa shape index (κ1) is 14.2. The lowest BCUT2D eigenvalue weighted by molar-refractivity contribution is 0.0727. The maximum Gasteiger partial charge on any atom is 0.247 e. The van der Waals surface area contributed by atoms with Crippen LogP contribution in [0, 0.1) is 5.82 Å². The van der Waals surface area contributed by atoms with E-state index in [1.54, 1.807) is 12.1 Å². The van der Waals surface area contributed by atoms with Gasteiger partial charge in [0.15, 0.2) is 0 Å². The molecule has 6 heteroatoms. The molecule has 2 aromatic rings. The summed E-state index contributed by atoms with van der Waals surface area (Å²) in [5.41, 5.74) is 1.16. The average Bonchev–Trinajstić information content (AvgIpc) is 3.00. The summed E-state index contributed by atoms with van der Waals surface area (Å²) in [6.07, 6.45) is 1.98. The summed E-state index contributed by atoms with van der Waals surface area (Å²) in [5.74, 6) is 0.829. The van der Waals surface area contributed by atoms with Crippen molar-refractivity contribution in [1.82, 2.24) is 10.2 Å². The molecule has 1 unspecified atom stereocenters. The van der Waals surface area contributed by atoms with Gasteiger partial charge < -0.3 is 13.9 Å². The number of methoxy groups -OCH3 is 1. The number of aromatic nitrogens is 2. The predicted molar refractivity (Wildman–Crippen MR) is 73.2 cm³/mol. The fraction of sp³-hybridized carbons (Fsp3) is 0.467. The van der Waals surface area contributed by atoms with E-state index < -0.39 is 0 Å². The number of hydrogen-bond acceptors (Lipinski definition) is 5. The Bertz CT molecular complexity index is 609. The normalized spacial score (nSPS) is 18.9. The lowest BCUT2D eigenvalue weighted by Gasteiger charge is -2.18. The third-order valence-electron chi connectivity index (χ3n) is 3.54.